The molecule has 1 saturated heterocycles. The summed E-state index contributed by atoms with van der Waals surface area (Å²) in [6.45, 7) is 3.25. The first-order valence-electron chi connectivity index (χ1n) is 11.1. The van der Waals surface area contributed by atoms with Gasteiger partial charge in [-0.1, -0.05) is 0 Å². The lowest BCUT2D eigenvalue weighted by molar-refractivity contribution is -0.138. The molecule has 4 rings (SSSR count). The molecule has 0 spiro atoms. The van der Waals surface area contributed by atoms with Crippen molar-refractivity contribution in [3.8, 4) is 17.1 Å². The molecule has 1 aliphatic rings. The maximum absolute atomic E-state index is 13.9. The summed E-state index contributed by atoms with van der Waals surface area (Å²) in [5.41, 5.74) is 4.39. The van der Waals surface area contributed by atoms with Gasteiger partial charge in [0.1, 0.15) is 22.7 Å². The van der Waals surface area contributed by atoms with Gasteiger partial charge in [-0.2, -0.15) is 13.2 Å². The average Bonchev–Trinajstić information content (AvgIpc) is 2.84. The monoisotopic (exact) mass is 487 g/mol. The second-order valence-corrected chi connectivity index (χ2v) is 7.83. The summed E-state index contributed by atoms with van der Waals surface area (Å²) in [6.07, 6.45) is 2.15. The molecule has 12 heteroatoms. The van der Waals surface area contributed by atoms with E-state index in [-0.39, 0.29) is 23.8 Å². The zero-order chi connectivity index (χ0) is 25.0. The van der Waals surface area contributed by atoms with Crippen molar-refractivity contribution in [3.05, 3.63) is 48.0 Å². The number of halogens is 3. The molecule has 0 unspecified atom stereocenters. The molecule has 1 aliphatic heterocycles. The van der Waals surface area contributed by atoms with Crippen LogP contribution in [0.15, 0.2) is 36.8 Å². The lowest BCUT2D eigenvalue weighted by Gasteiger charge is -2.29. The average molecular weight is 487 g/mol. The molecule has 1 amide bonds. The number of rotatable bonds is 6. The molecular weight excluding hydrogens is 463 g/mol. The molecule has 3 aromatic rings. The van der Waals surface area contributed by atoms with Gasteiger partial charge in [0.15, 0.2) is 17.3 Å². The van der Waals surface area contributed by atoms with Crippen LogP contribution in [0.2, 0.25) is 0 Å². The van der Waals surface area contributed by atoms with Crippen molar-refractivity contribution in [1.82, 2.24) is 19.9 Å². The van der Waals surface area contributed by atoms with E-state index >= 15 is 0 Å². The second-order valence-electron chi connectivity index (χ2n) is 7.83. The van der Waals surface area contributed by atoms with Gasteiger partial charge in [-0.15, -0.1) is 0 Å². The standard InChI is InChI=1S/C23H24F3N7O2/c1-2-35-16-8-10-28-18(17(16)23(24,25)26)14-13-30-20(27)19(31-14)22(34)32-21-15(7-6-9-29-21)33-11-4-3-5-12-33/h6-10,13H,2-5,11-12H2,1H3,(H2,27,30)(H,29,32,34). The number of carbonyl (C=O) groups is 1. The van der Waals surface area contributed by atoms with Crippen molar-refractivity contribution >= 4 is 23.2 Å². The number of hydrogen-bond donors (Lipinski definition) is 2. The van der Waals surface area contributed by atoms with Gasteiger partial charge in [0.25, 0.3) is 5.91 Å². The number of nitrogens with two attached hydrogens (primary N) is 1. The minimum atomic E-state index is -4.78. The number of amides is 1. The van der Waals surface area contributed by atoms with Gasteiger partial charge in [-0.25, -0.2) is 15.0 Å². The molecular formula is C23H24F3N7O2. The molecule has 0 radical (unpaired) electrons. The molecule has 9 nitrogen and oxygen atoms in total. The minimum absolute atomic E-state index is 0.0248. The predicted octanol–water partition coefficient (Wildman–Crippen LogP) is 4.18. The molecule has 0 aliphatic carbocycles. The van der Waals surface area contributed by atoms with Gasteiger partial charge in [0.05, 0.1) is 18.5 Å². The summed E-state index contributed by atoms with van der Waals surface area (Å²) >= 11 is 0. The number of carbonyl (C=O) groups excluding carboxylic acids is 1. The zero-order valence-corrected chi connectivity index (χ0v) is 19.0. The lowest BCUT2D eigenvalue weighted by Crippen LogP contribution is -2.31. The Bertz CT molecular complexity index is 1210. The van der Waals surface area contributed by atoms with Crippen molar-refractivity contribution < 1.29 is 22.7 Å². The number of piperidine rings is 1. The third kappa shape index (κ3) is 5.26. The topological polar surface area (TPSA) is 119 Å². The second kappa shape index (κ2) is 10.1. The highest BCUT2D eigenvalue weighted by atomic mass is 19.4. The summed E-state index contributed by atoms with van der Waals surface area (Å²) in [4.78, 5) is 31.3. The summed E-state index contributed by atoms with van der Waals surface area (Å²) in [7, 11) is 0. The van der Waals surface area contributed by atoms with Gasteiger partial charge in [-0.05, 0) is 44.4 Å². The summed E-state index contributed by atoms with van der Waals surface area (Å²) in [6, 6.07) is 4.74. The van der Waals surface area contributed by atoms with Crippen molar-refractivity contribution in [2.45, 2.75) is 32.4 Å². The van der Waals surface area contributed by atoms with E-state index in [4.69, 9.17) is 10.5 Å². The molecule has 0 bridgehead atoms. The maximum atomic E-state index is 13.9. The van der Waals surface area contributed by atoms with E-state index in [0.717, 1.165) is 50.3 Å². The Hall–Kier alpha value is -3.96. The molecule has 184 valence electrons. The predicted molar refractivity (Wildman–Crippen MR) is 124 cm³/mol. The summed E-state index contributed by atoms with van der Waals surface area (Å²) in [5, 5.41) is 2.68. The molecule has 0 saturated carbocycles. The minimum Gasteiger partial charge on any atom is -0.493 e. The number of nitrogen functional groups attached to an aromatic ring is 1. The first-order chi connectivity index (χ1) is 16.8. The van der Waals surface area contributed by atoms with E-state index < -0.39 is 29.1 Å². The highest BCUT2D eigenvalue weighted by Crippen LogP contribution is 2.41. The first kappa shape index (κ1) is 24.2. The number of anilines is 3. The Balaban J connectivity index is 1.70. The van der Waals surface area contributed by atoms with E-state index in [0.29, 0.717) is 5.82 Å². The van der Waals surface area contributed by atoms with Gasteiger partial charge in [0.2, 0.25) is 0 Å². The van der Waals surface area contributed by atoms with E-state index in [1.165, 1.54) is 12.4 Å². The van der Waals surface area contributed by atoms with Crippen LogP contribution in [0.4, 0.5) is 30.5 Å². The van der Waals surface area contributed by atoms with Gasteiger partial charge < -0.3 is 20.7 Å². The number of nitrogens with zero attached hydrogens (tertiary/aromatic N) is 5. The largest absolute Gasteiger partial charge is 0.493 e. The van der Waals surface area contributed by atoms with Crippen LogP contribution < -0.4 is 20.7 Å². The van der Waals surface area contributed by atoms with Crippen LogP contribution in [0.1, 0.15) is 42.2 Å². The third-order valence-electron chi connectivity index (χ3n) is 5.47. The molecule has 35 heavy (non-hydrogen) atoms. The van der Waals surface area contributed by atoms with Crippen LogP contribution >= 0.6 is 0 Å². The first-order valence-corrected chi connectivity index (χ1v) is 11.1. The van der Waals surface area contributed by atoms with Crippen molar-refractivity contribution in [2.75, 3.05) is 35.6 Å². The van der Waals surface area contributed by atoms with Crippen molar-refractivity contribution in [3.63, 3.8) is 0 Å². The SMILES string of the molecule is CCOc1ccnc(-c2cnc(N)c(C(=O)Nc3ncccc3N3CCCCC3)n2)c1C(F)(F)F. The van der Waals surface area contributed by atoms with Crippen molar-refractivity contribution in [2.24, 2.45) is 0 Å². The molecule has 0 atom stereocenters. The number of nitrogens with one attached hydrogen (secondary N) is 1. The van der Waals surface area contributed by atoms with Crippen LogP contribution in [0, 0.1) is 0 Å². The number of hydrogen-bond acceptors (Lipinski definition) is 8. The number of pyridine rings is 2. The van der Waals surface area contributed by atoms with E-state index in [1.54, 1.807) is 13.0 Å². The number of alkyl halides is 3. The zero-order valence-electron chi connectivity index (χ0n) is 19.0. The molecule has 4 heterocycles. The van der Waals surface area contributed by atoms with Crippen molar-refractivity contribution in [1.29, 1.82) is 0 Å². The number of aromatic nitrogens is 4. The van der Waals surface area contributed by atoms with Gasteiger partial charge in [-0.3, -0.25) is 9.78 Å². The Morgan fingerprint density at radius 1 is 1.14 bits per heavy atom. The highest BCUT2D eigenvalue weighted by molar-refractivity contribution is 6.06. The maximum Gasteiger partial charge on any atom is 0.422 e. The van der Waals surface area contributed by atoms with E-state index in [2.05, 4.69) is 30.2 Å². The van der Waals surface area contributed by atoms with E-state index in [1.807, 2.05) is 6.07 Å². The molecule has 1 fully saturated rings. The van der Waals surface area contributed by atoms with Crippen LogP contribution in [-0.2, 0) is 6.18 Å². The quantitative estimate of drug-likeness (QED) is 0.532. The van der Waals surface area contributed by atoms with Gasteiger partial charge in [0, 0.05) is 25.5 Å². The van der Waals surface area contributed by atoms with Crippen LogP contribution in [0.25, 0.3) is 11.4 Å². The third-order valence-corrected chi connectivity index (χ3v) is 5.47. The fourth-order valence-electron chi connectivity index (χ4n) is 3.92. The molecule has 3 aromatic heterocycles. The van der Waals surface area contributed by atoms with Crippen LogP contribution in [0.5, 0.6) is 5.75 Å². The van der Waals surface area contributed by atoms with Crippen LogP contribution in [-0.4, -0.2) is 45.5 Å². The molecule has 0 aromatic carbocycles. The number of ether oxygens (including phenoxy) is 1. The summed E-state index contributed by atoms with van der Waals surface area (Å²) < 4.78 is 46.8. The smallest absolute Gasteiger partial charge is 0.422 e. The van der Waals surface area contributed by atoms with E-state index in [9.17, 15) is 18.0 Å². The fourth-order valence-corrected chi connectivity index (χ4v) is 3.92. The highest BCUT2D eigenvalue weighted by Gasteiger charge is 2.39. The summed E-state index contributed by atoms with van der Waals surface area (Å²) in [5.74, 6) is -1.08. The normalized spacial score (nSPS) is 14.0. The Morgan fingerprint density at radius 3 is 2.63 bits per heavy atom. The Morgan fingerprint density at radius 2 is 1.91 bits per heavy atom. The Kier molecular flexibility index (Phi) is 6.99. The fraction of sp³-hybridized carbons (Fsp3) is 0.348. The molecule has 3 N–H and O–H groups in total. The van der Waals surface area contributed by atoms with Crippen LogP contribution in [0.3, 0.4) is 0 Å². The van der Waals surface area contributed by atoms with Gasteiger partial charge >= 0.3 is 6.18 Å². The Labute approximate surface area is 199 Å². The lowest BCUT2D eigenvalue weighted by atomic mass is 10.1.